The van der Waals surface area contributed by atoms with E-state index in [1.54, 1.807) is 6.07 Å². The monoisotopic (exact) mass is 538 g/mol. The predicted octanol–water partition coefficient (Wildman–Crippen LogP) is 10.4. The average Bonchev–Trinajstić information content (AvgIpc) is 2.90. The molecule has 210 valence electrons. The topological polar surface area (TPSA) is 57.5 Å². The lowest BCUT2D eigenvalue weighted by Gasteiger charge is -2.15. The normalized spacial score (nSPS) is 12.1. The Morgan fingerprint density at radius 2 is 1.00 bits per heavy atom. The molecule has 0 bridgehead atoms. The highest BCUT2D eigenvalue weighted by molar-refractivity contribution is 7.60. The van der Waals surface area contributed by atoms with Crippen molar-refractivity contribution < 1.29 is 14.4 Å². The van der Waals surface area contributed by atoms with Gasteiger partial charge in [-0.05, 0) is 58.1 Å². The number of hydrogen-bond acceptors (Lipinski definition) is 1. The minimum absolute atomic E-state index is 0.201. The van der Waals surface area contributed by atoms with Crippen molar-refractivity contribution in [3.05, 3.63) is 54.1 Å². The highest BCUT2D eigenvalue weighted by Crippen LogP contribution is 2.38. The molecule has 0 aliphatic carbocycles. The third kappa shape index (κ3) is 10.5. The third-order valence-electron chi connectivity index (χ3n) is 8.07. The lowest BCUT2D eigenvalue weighted by molar-refractivity contribution is 0.387. The fourth-order valence-corrected chi connectivity index (χ4v) is 6.66. The van der Waals surface area contributed by atoms with Gasteiger partial charge in [0, 0.05) is 0 Å². The van der Waals surface area contributed by atoms with Crippen molar-refractivity contribution in [2.45, 2.75) is 129 Å². The van der Waals surface area contributed by atoms with E-state index in [4.69, 9.17) is 0 Å². The molecule has 2 N–H and O–H groups in total. The molecule has 0 saturated carbocycles. The second kappa shape index (κ2) is 17.1. The van der Waals surface area contributed by atoms with Crippen LogP contribution in [0.4, 0.5) is 0 Å². The summed E-state index contributed by atoms with van der Waals surface area (Å²) in [6, 6.07) is 15.9. The van der Waals surface area contributed by atoms with E-state index in [-0.39, 0.29) is 5.30 Å². The quantitative estimate of drug-likeness (QED) is 0.0854. The van der Waals surface area contributed by atoms with Crippen molar-refractivity contribution in [2.24, 2.45) is 0 Å². The molecule has 0 amide bonds. The van der Waals surface area contributed by atoms with Crippen molar-refractivity contribution in [1.82, 2.24) is 0 Å². The van der Waals surface area contributed by atoms with Gasteiger partial charge in [0.1, 0.15) is 0 Å². The molecule has 0 aliphatic heterocycles. The molecule has 0 aliphatic rings. The maximum Gasteiger partial charge on any atom is 0.356 e. The number of hydrogen-bond donors (Lipinski definition) is 2. The predicted molar refractivity (Wildman–Crippen MR) is 166 cm³/mol. The average molecular weight is 539 g/mol. The summed E-state index contributed by atoms with van der Waals surface area (Å²) in [5, 5.41) is 4.51. The van der Waals surface area contributed by atoms with Gasteiger partial charge >= 0.3 is 7.60 Å². The Morgan fingerprint density at radius 3 is 1.47 bits per heavy atom. The van der Waals surface area contributed by atoms with Crippen LogP contribution in [-0.4, -0.2) is 9.79 Å². The Labute approximate surface area is 231 Å². The molecule has 0 radical (unpaired) electrons. The summed E-state index contributed by atoms with van der Waals surface area (Å²) < 4.78 is 12.2. The second-order valence-electron chi connectivity index (χ2n) is 11.3. The van der Waals surface area contributed by atoms with Crippen molar-refractivity contribution in [3.63, 3.8) is 0 Å². The molecule has 3 nitrogen and oxygen atoms in total. The smallest absolute Gasteiger partial charge is 0.321 e. The highest BCUT2D eigenvalue weighted by atomic mass is 31.2. The molecule has 3 aromatic rings. The Balaban J connectivity index is 1.31. The van der Waals surface area contributed by atoms with Crippen LogP contribution in [0.5, 0.6) is 0 Å². The van der Waals surface area contributed by atoms with Crippen molar-refractivity contribution >= 4 is 34.4 Å². The minimum atomic E-state index is -4.31. The lowest BCUT2D eigenvalue weighted by Crippen LogP contribution is -2.12. The van der Waals surface area contributed by atoms with Gasteiger partial charge in [-0.1, -0.05) is 146 Å². The number of aryl methyl sites for hydroxylation is 1. The first-order valence-electron chi connectivity index (χ1n) is 15.5. The Bertz CT molecular complexity index is 1130. The van der Waals surface area contributed by atoms with Crippen LogP contribution in [0.2, 0.25) is 0 Å². The highest BCUT2D eigenvalue weighted by Gasteiger charge is 2.23. The third-order valence-corrected chi connectivity index (χ3v) is 9.11. The number of fused-ring (bicyclic) bond motifs is 2. The summed E-state index contributed by atoms with van der Waals surface area (Å²) in [5.74, 6) is 0. The fourth-order valence-electron chi connectivity index (χ4n) is 5.80. The summed E-state index contributed by atoms with van der Waals surface area (Å²) in [5.41, 5.74) is 0.832. The van der Waals surface area contributed by atoms with Crippen LogP contribution in [0.25, 0.3) is 21.5 Å². The summed E-state index contributed by atoms with van der Waals surface area (Å²) in [6.07, 6.45) is 24.8. The number of unbranched alkanes of at least 4 members (excludes halogenated alkanes) is 17. The van der Waals surface area contributed by atoms with Crippen LogP contribution in [0.3, 0.4) is 0 Å². The van der Waals surface area contributed by atoms with Gasteiger partial charge in [-0.2, -0.15) is 0 Å². The molecular weight excluding hydrogens is 487 g/mol. The summed E-state index contributed by atoms with van der Waals surface area (Å²) >= 11 is 0. The zero-order valence-corrected chi connectivity index (χ0v) is 24.7. The molecular formula is C34H51O3P. The van der Waals surface area contributed by atoms with Gasteiger partial charge in [-0.3, -0.25) is 4.57 Å². The zero-order valence-electron chi connectivity index (χ0n) is 23.8. The van der Waals surface area contributed by atoms with E-state index in [9.17, 15) is 14.4 Å². The lowest BCUT2D eigenvalue weighted by atomic mass is 9.96. The molecule has 0 aromatic heterocycles. The van der Waals surface area contributed by atoms with E-state index >= 15 is 0 Å². The standard InChI is InChI=1S/C34H51O3P/c1-2-3-4-5-6-7-8-9-10-11-12-13-14-15-16-17-18-19-24-32-33-28-30-23-21-20-22-29(30)27-31(33)25-26-34(32)38(35,36)37/h20-23,25-28H,2-19,24H2,1H3,(H2,35,36,37). The second-order valence-corrected chi connectivity index (χ2v) is 12.9. The molecule has 0 fully saturated rings. The van der Waals surface area contributed by atoms with Crippen molar-refractivity contribution in [3.8, 4) is 0 Å². The molecule has 4 heteroatoms. The molecule has 0 spiro atoms. The van der Waals surface area contributed by atoms with Gasteiger partial charge in [0.2, 0.25) is 0 Å². The van der Waals surface area contributed by atoms with Gasteiger partial charge < -0.3 is 9.79 Å². The molecule has 3 rings (SSSR count). The summed E-state index contributed by atoms with van der Waals surface area (Å²) in [4.78, 5) is 20.0. The van der Waals surface area contributed by atoms with Crippen LogP contribution < -0.4 is 5.30 Å². The molecule has 0 saturated heterocycles. The van der Waals surface area contributed by atoms with Gasteiger partial charge in [-0.15, -0.1) is 0 Å². The molecule has 0 atom stereocenters. The van der Waals surface area contributed by atoms with Crippen LogP contribution in [0.1, 0.15) is 128 Å². The van der Waals surface area contributed by atoms with Crippen molar-refractivity contribution in [2.75, 3.05) is 0 Å². The van der Waals surface area contributed by atoms with E-state index in [0.29, 0.717) is 0 Å². The Hall–Kier alpha value is -1.67. The van der Waals surface area contributed by atoms with Crippen LogP contribution in [-0.2, 0) is 11.0 Å². The van der Waals surface area contributed by atoms with E-state index in [1.165, 1.54) is 103 Å². The van der Waals surface area contributed by atoms with Gasteiger partial charge in [0.05, 0.1) is 5.30 Å². The molecule has 0 heterocycles. The Kier molecular flexibility index (Phi) is 13.9. The van der Waals surface area contributed by atoms with E-state index < -0.39 is 7.60 Å². The van der Waals surface area contributed by atoms with E-state index in [1.807, 2.05) is 18.2 Å². The number of benzene rings is 3. The Morgan fingerprint density at radius 1 is 0.553 bits per heavy atom. The first-order chi connectivity index (χ1) is 18.5. The number of rotatable bonds is 20. The first kappa shape index (κ1) is 30.9. The van der Waals surface area contributed by atoms with Crippen LogP contribution in [0, 0.1) is 0 Å². The van der Waals surface area contributed by atoms with Crippen LogP contribution >= 0.6 is 7.60 Å². The maximum atomic E-state index is 12.2. The molecule has 3 aromatic carbocycles. The van der Waals surface area contributed by atoms with Crippen LogP contribution in [0.15, 0.2) is 48.5 Å². The molecule has 38 heavy (non-hydrogen) atoms. The van der Waals surface area contributed by atoms with E-state index in [0.717, 1.165) is 46.4 Å². The van der Waals surface area contributed by atoms with E-state index in [2.05, 4.69) is 31.2 Å². The maximum absolute atomic E-state index is 12.2. The fraction of sp³-hybridized carbons (Fsp3) is 0.588. The van der Waals surface area contributed by atoms with Gasteiger partial charge in [0.25, 0.3) is 0 Å². The summed E-state index contributed by atoms with van der Waals surface area (Å²) in [7, 11) is -4.31. The van der Waals surface area contributed by atoms with Gasteiger partial charge in [0.15, 0.2) is 0 Å². The first-order valence-corrected chi connectivity index (χ1v) is 17.1. The largest absolute Gasteiger partial charge is 0.356 e. The SMILES string of the molecule is CCCCCCCCCCCCCCCCCCCCc1c(P(=O)(O)O)ccc2cc3ccccc3cc12. The minimum Gasteiger partial charge on any atom is -0.321 e. The van der Waals surface area contributed by atoms with Crippen molar-refractivity contribution in [1.29, 1.82) is 0 Å². The van der Waals surface area contributed by atoms with Gasteiger partial charge in [-0.25, -0.2) is 0 Å². The summed E-state index contributed by atoms with van der Waals surface area (Å²) in [6.45, 7) is 2.28. The zero-order chi connectivity index (χ0) is 27.1. The molecule has 0 unspecified atom stereocenters.